The highest BCUT2D eigenvalue weighted by Crippen LogP contribution is 1.91. The van der Waals surface area contributed by atoms with Crippen LogP contribution in [0.15, 0.2) is 48.6 Å². The average molecular weight is 271 g/mol. The first kappa shape index (κ1) is 18.0. The lowest BCUT2D eigenvalue weighted by molar-refractivity contribution is -0.116. The fourth-order valence-corrected chi connectivity index (χ4v) is 1.18. The van der Waals surface area contributed by atoms with Crippen molar-refractivity contribution in [3.63, 3.8) is 0 Å². The van der Waals surface area contributed by atoms with Gasteiger partial charge in [0.15, 0.2) is 0 Å². The predicted octanol–water partition coefficient (Wildman–Crippen LogP) is 3.79. The topological polar surface area (TPSA) is 29.1 Å². The normalized spacial score (nSPS) is 11.8. The fraction of sp³-hybridized carbons (Fsp3) is 0.389. The third kappa shape index (κ3) is 14.1. The summed E-state index contributed by atoms with van der Waals surface area (Å²) < 4.78 is 0. The van der Waals surface area contributed by atoms with Gasteiger partial charge >= 0.3 is 0 Å². The summed E-state index contributed by atoms with van der Waals surface area (Å²) in [4.78, 5) is 11.3. The van der Waals surface area contributed by atoms with E-state index in [1.807, 2.05) is 43.4 Å². The molecule has 0 aromatic rings. The van der Waals surface area contributed by atoms with E-state index in [-0.39, 0.29) is 5.91 Å². The van der Waals surface area contributed by atoms with E-state index in [2.05, 4.69) is 31.0 Å². The Hall–Kier alpha value is -2.01. The van der Waals surface area contributed by atoms with Crippen LogP contribution in [0.5, 0.6) is 0 Å². The van der Waals surface area contributed by atoms with Crippen LogP contribution in [-0.2, 0) is 4.79 Å². The Kier molecular flexibility index (Phi) is 12.1. The Labute approximate surface area is 123 Å². The number of nitrogens with one attached hydrogen (secondary N) is 1. The van der Waals surface area contributed by atoms with E-state index in [1.54, 1.807) is 12.2 Å². The molecule has 2 heteroatoms. The zero-order valence-corrected chi connectivity index (χ0v) is 12.7. The molecule has 0 heterocycles. The summed E-state index contributed by atoms with van der Waals surface area (Å²) in [5, 5.41) is 2.82. The van der Waals surface area contributed by atoms with Crippen LogP contribution in [0.3, 0.4) is 0 Å². The van der Waals surface area contributed by atoms with Crippen LogP contribution < -0.4 is 5.32 Å². The Morgan fingerprint density at radius 1 is 1.20 bits per heavy atom. The van der Waals surface area contributed by atoms with Gasteiger partial charge in [-0.2, -0.15) is 0 Å². The summed E-state index contributed by atoms with van der Waals surface area (Å²) >= 11 is 0. The van der Waals surface area contributed by atoms with Gasteiger partial charge in [0, 0.05) is 19.0 Å². The molecule has 0 saturated heterocycles. The van der Waals surface area contributed by atoms with Crippen LogP contribution in [0.25, 0.3) is 0 Å². The van der Waals surface area contributed by atoms with Gasteiger partial charge in [-0.15, -0.1) is 0 Å². The number of rotatable bonds is 7. The Balaban J connectivity index is 3.73. The van der Waals surface area contributed by atoms with Crippen molar-refractivity contribution in [2.24, 2.45) is 5.92 Å². The van der Waals surface area contributed by atoms with Crippen molar-refractivity contribution >= 4 is 5.91 Å². The number of amides is 1. The number of allylic oxidation sites excluding steroid dienone is 7. The Morgan fingerprint density at radius 2 is 2.00 bits per heavy atom. The third-order valence-corrected chi connectivity index (χ3v) is 2.20. The molecule has 0 fully saturated rings. The second kappa shape index (κ2) is 13.4. The van der Waals surface area contributed by atoms with E-state index >= 15 is 0 Å². The first-order valence-electron chi connectivity index (χ1n) is 7.04. The van der Waals surface area contributed by atoms with Gasteiger partial charge in [0.05, 0.1) is 0 Å². The molecule has 108 valence electrons. The van der Waals surface area contributed by atoms with Crippen LogP contribution in [0, 0.1) is 17.8 Å². The highest BCUT2D eigenvalue weighted by atomic mass is 16.1. The van der Waals surface area contributed by atoms with Crippen LogP contribution >= 0.6 is 0 Å². The molecule has 0 aromatic carbocycles. The average Bonchev–Trinajstić information content (AvgIpc) is 2.42. The van der Waals surface area contributed by atoms with Crippen LogP contribution in [0.4, 0.5) is 0 Å². The summed E-state index contributed by atoms with van der Waals surface area (Å²) in [6.07, 6.45) is 16.6. The molecule has 2 nitrogen and oxygen atoms in total. The minimum absolute atomic E-state index is 0.0442. The van der Waals surface area contributed by atoms with Crippen molar-refractivity contribution in [3.05, 3.63) is 48.6 Å². The maximum atomic E-state index is 11.3. The second-order valence-electron chi connectivity index (χ2n) is 4.67. The maximum Gasteiger partial charge on any atom is 0.243 e. The number of unbranched alkanes of at least 4 members (excludes halogenated alkanes) is 1. The lowest BCUT2D eigenvalue weighted by atomic mass is 10.2. The fourth-order valence-electron chi connectivity index (χ4n) is 1.18. The molecular formula is C18H25NO. The van der Waals surface area contributed by atoms with Gasteiger partial charge in [-0.05, 0) is 25.3 Å². The van der Waals surface area contributed by atoms with Crippen molar-refractivity contribution in [2.75, 3.05) is 6.54 Å². The first-order valence-corrected chi connectivity index (χ1v) is 7.04. The second-order valence-corrected chi connectivity index (χ2v) is 4.67. The van der Waals surface area contributed by atoms with Crippen LogP contribution in [-0.4, -0.2) is 12.5 Å². The minimum Gasteiger partial charge on any atom is -0.352 e. The van der Waals surface area contributed by atoms with Crippen LogP contribution in [0.1, 0.15) is 33.6 Å². The van der Waals surface area contributed by atoms with Gasteiger partial charge in [0.2, 0.25) is 5.91 Å². The maximum absolute atomic E-state index is 11.3. The summed E-state index contributed by atoms with van der Waals surface area (Å²) in [6, 6.07) is 0. The van der Waals surface area contributed by atoms with E-state index in [9.17, 15) is 4.79 Å². The van der Waals surface area contributed by atoms with Crippen molar-refractivity contribution in [3.8, 4) is 11.8 Å². The molecule has 0 radical (unpaired) electrons. The number of hydrogen-bond donors (Lipinski definition) is 1. The van der Waals surface area contributed by atoms with Crippen molar-refractivity contribution < 1.29 is 4.79 Å². The van der Waals surface area contributed by atoms with E-state index in [0.29, 0.717) is 12.5 Å². The lowest BCUT2D eigenvalue weighted by Gasteiger charge is -2.03. The van der Waals surface area contributed by atoms with E-state index in [4.69, 9.17) is 0 Å². The number of carbonyl (C=O) groups excluding carboxylic acids is 1. The summed E-state index contributed by atoms with van der Waals surface area (Å²) in [5.74, 6) is 6.44. The molecule has 1 N–H and O–H groups in total. The van der Waals surface area contributed by atoms with Gasteiger partial charge in [-0.25, -0.2) is 0 Å². The van der Waals surface area contributed by atoms with Gasteiger partial charge in [-0.3, -0.25) is 4.79 Å². The molecule has 0 bridgehead atoms. The molecule has 0 rings (SSSR count). The van der Waals surface area contributed by atoms with Gasteiger partial charge in [0.25, 0.3) is 0 Å². The highest BCUT2D eigenvalue weighted by molar-refractivity contribution is 5.87. The van der Waals surface area contributed by atoms with Crippen molar-refractivity contribution in [2.45, 2.75) is 33.6 Å². The molecule has 0 atom stereocenters. The van der Waals surface area contributed by atoms with Gasteiger partial charge in [-0.1, -0.05) is 62.1 Å². The molecule has 1 amide bonds. The molecule has 0 aliphatic carbocycles. The molecule has 0 aliphatic rings. The predicted molar refractivity (Wildman–Crippen MR) is 87.1 cm³/mol. The molecule has 0 aromatic heterocycles. The van der Waals surface area contributed by atoms with E-state index in [1.165, 1.54) is 0 Å². The molecule has 0 aliphatic heterocycles. The molecule has 0 unspecified atom stereocenters. The first-order chi connectivity index (χ1) is 9.66. The summed E-state index contributed by atoms with van der Waals surface area (Å²) in [5.41, 5.74) is 0. The molecule has 0 spiro atoms. The Bertz CT molecular complexity index is 428. The van der Waals surface area contributed by atoms with Gasteiger partial charge in [0.1, 0.15) is 0 Å². The standard InChI is InChI=1S/C18H25NO/c1-4-5-6-7-8-9-10-11-12-13-14-15-18(20)19-16-17(2)3/h4-7,12-15,17H,10-11,16H2,1-3H3,(H,19,20). The van der Waals surface area contributed by atoms with Gasteiger partial charge < -0.3 is 5.32 Å². The third-order valence-electron chi connectivity index (χ3n) is 2.20. The largest absolute Gasteiger partial charge is 0.352 e. The minimum atomic E-state index is -0.0442. The monoisotopic (exact) mass is 271 g/mol. The zero-order chi connectivity index (χ0) is 15.1. The molecule has 0 saturated carbocycles. The van der Waals surface area contributed by atoms with Crippen LogP contribution in [0.2, 0.25) is 0 Å². The SMILES string of the molecule is CC=CC=CC#CCCC=CC=CC(=O)NCC(C)C. The number of hydrogen-bond acceptors (Lipinski definition) is 1. The Morgan fingerprint density at radius 3 is 2.70 bits per heavy atom. The molecular weight excluding hydrogens is 246 g/mol. The number of carbonyl (C=O) groups is 1. The summed E-state index contributed by atoms with van der Waals surface area (Å²) in [6.45, 7) is 6.82. The zero-order valence-electron chi connectivity index (χ0n) is 12.7. The van der Waals surface area contributed by atoms with E-state index < -0.39 is 0 Å². The smallest absolute Gasteiger partial charge is 0.243 e. The highest BCUT2D eigenvalue weighted by Gasteiger charge is 1.95. The lowest BCUT2D eigenvalue weighted by Crippen LogP contribution is -2.25. The van der Waals surface area contributed by atoms with Crippen molar-refractivity contribution in [1.82, 2.24) is 5.32 Å². The summed E-state index contributed by atoms with van der Waals surface area (Å²) in [7, 11) is 0. The van der Waals surface area contributed by atoms with Crippen molar-refractivity contribution in [1.29, 1.82) is 0 Å². The quantitative estimate of drug-likeness (QED) is 0.324. The van der Waals surface area contributed by atoms with E-state index in [0.717, 1.165) is 12.8 Å². The molecule has 20 heavy (non-hydrogen) atoms.